The second-order valence-corrected chi connectivity index (χ2v) is 12.1. The second kappa shape index (κ2) is 8.89. The molecule has 3 aromatic rings. The van der Waals surface area contributed by atoms with Gasteiger partial charge in [0.25, 0.3) is 0 Å². The van der Waals surface area contributed by atoms with Crippen LogP contribution in [0.4, 0.5) is 0 Å². The Balaban J connectivity index is 1.41. The summed E-state index contributed by atoms with van der Waals surface area (Å²) in [4.78, 5) is 2.66. The van der Waals surface area contributed by atoms with Crippen LogP contribution in [0.3, 0.4) is 0 Å². The van der Waals surface area contributed by atoms with E-state index in [1.165, 1.54) is 54.0 Å². The Morgan fingerprint density at radius 3 is 2.52 bits per heavy atom. The molecule has 2 heterocycles. The zero-order valence-corrected chi connectivity index (χ0v) is 19.4. The van der Waals surface area contributed by atoms with Gasteiger partial charge in [-0.15, -0.1) is 11.3 Å². The summed E-state index contributed by atoms with van der Waals surface area (Å²) >= 11 is 1.31. The molecule has 31 heavy (non-hydrogen) atoms. The van der Waals surface area contributed by atoms with E-state index < -0.39 is 9.84 Å². The van der Waals surface area contributed by atoms with Crippen LogP contribution in [0.2, 0.25) is 0 Å². The summed E-state index contributed by atoms with van der Waals surface area (Å²) in [5, 5.41) is 1.83. The molecule has 2 unspecified atom stereocenters. The van der Waals surface area contributed by atoms with Gasteiger partial charge in [-0.05, 0) is 78.9 Å². The van der Waals surface area contributed by atoms with E-state index in [1.54, 1.807) is 12.1 Å². The molecule has 1 fully saturated rings. The fourth-order valence-electron chi connectivity index (χ4n) is 5.10. The summed E-state index contributed by atoms with van der Waals surface area (Å²) in [7, 11) is -3.21. The molecule has 0 saturated carbocycles. The minimum atomic E-state index is -3.21. The summed E-state index contributed by atoms with van der Waals surface area (Å²) < 4.78 is 25.8. The number of sulfone groups is 1. The summed E-state index contributed by atoms with van der Waals surface area (Å²) in [6.45, 7) is 2.42. The van der Waals surface area contributed by atoms with E-state index in [2.05, 4.69) is 53.4 Å². The Bertz CT molecular complexity index is 1120. The Hall–Kier alpha value is -1.95. The maximum Gasteiger partial charge on any atom is 0.188 e. The maximum absolute atomic E-state index is 12.7. The predicted octanol–water partition coefficient (Wildman–Crippen LogP) is 5.11. The minimum absolute atomic E-state index is 0.172. The number of thiophene rings is 1. The maximum atomic E-state index is 12.7. The first-order valence-corrected chi connectivity index (χ1v) is 13.8. The third kappa shape index (κ3) is 4.50. The van der Waals surface area contributed by atoms with Crippen molar-refractivity contribution in [2.75, 3.05) is 18.8 Å². The lowest BCUT2D eigenvalue weighted by Gasteiger charge is -2.45. The average molecular weight is 452 g/mol. The van der Waals surface area contributed by atoms with Gasteiger partial charge in [-0.1, -0.05) is 54.6 Å². The summed E-state index contributed by atoms with van der Waals surface area (Å²) in [6, 6.07) is 21.6. The van der Waals surface area contributed by atoms with Crippen molar-refractivity contribution in [3.63, 3.8) is 0 Å². The van der Waals surface area contributed by atoms with Crippen molar-refractivity contribution in [1.29, 1.82) is 0 Å². The normalized spacial score (nSPS) is 21.4. The van der Waals surface area contributed by atoms with Gasteiger partial charge in [-0.25, -0.2) is 8.42 Å². The SMILES string of the molecule is O=S(=O)(CCc1ccc2c(c1)C(Cc1ccccc1)C(N1CCC1)CC2)c1cccs1. The standard InChI is InChI=1S/C26H29NO2S2/c28-31(29,26-8-4-16-30-26)17-13-21-9-10-22-11-12-25(27-14-5-15-27)24(23(22)18-21)19-20-6-2-1-3-7-20/h1-4,6-10,16,18,24-25H,5,11-15,17,19H2. The highest BCUT2D eigenvalue weighted by Crippen LogP contribution is 2.39. The molecule has 0 spiro atoms. The van der Waals surface area contributed by atoms with Gasteiger partial charge in [0.2, 0.25) is 0 Å². The third-order valence-electron chi connectivity index (χ3n) is 6.90. The quantitative estimate of drug-likeness (QED) is 0.501. The van der Waals surface area contributed by atoms with Crippen LogP contribution in [0.5, 0.6) is 0 Å². The molecule has 162 valence electrons. The molecule has 0 N–H and O–H groups in total. The Labute approximate surface area is 189 Å². The number of nitrogens with zero attached hydrogens (tertiary/aromatic N) is 1. The molecule has 1 saturated heterocycles. The molecular formula is C26H29NO2S2. The van der Waals surface area contributed by atoms with Crippen LogP contribution in [0.15, 0.2) is 70.3 Å². The van der Waals surface area contributed by atoms with Crippen molar-refractivity contribution in [3.05, 3.63) is 88.3 Å². The molecule has 3 nitrogen and oxygen atoms in total. The van der Waals surface area contributed by atoms with Gasteiger partial charge in [0.05, 0.1) is 5.75 Å². The second-order valence-electron chi connectivity index (χ2n) is 8.83. The van der Waals surface area contributed by atoms with Gasteiger partial charge < -0.3 is 0 Å². The molecule has 2 atom stereocenters. The minimum Gasteiger partial charge on any atom is -0.300 e. The first kappa shape index (κ1) is 20.9. The van der Waals surface area contributed by atoms with E-state index in [0.29, 0.717) is 22.6 Å². The van der Waals surface area contributed by atoms with E-state index >= 15 is 0 Å². The predicted molar refractivity (Wildman–Crippen MR) is 128 cm³/mol. The fourth-order valence-corrected chi connectivity index (χ4v) is 7.54. The molecule has 0 bridgehead atoms. The van der Waals surface area contributed by atoms with Crippen molar-refractivity contribution in [3.8, 4) is 0 Å². The molecule has 5 heteroatoms. The van der Waals surface area contributed by atoms with Crippen LogP contribution >= 0.6 is 11.3 Å². The lowest BCUT2D eigenvalue weighted by Crippen LogP contribution is -2.49. The number of aryl methyl sites for hydroxylation is 2. The number of likely N-dealkylation sites (tertiary alicyclic amines) is 1. The van der Waals surface area contributed by atoms with Crippen LogP contribution in [0.1, 0.15) is 41.0 Å². The molecule has 5 rings (SSSR count). The Morgan fingerprint density at radius 2 is 1.81 bits per heavy atom. The van der Waals surface area contributed by atoms with Crippen molar-refractivity contribution in [2.24, 2.45) is 0 Å². The number of hydrogen-bond donors (Lipinski definition) is 0. The smallest absolute Gasteiger partial charge is 0.188 e. The lowest BCUT2D eigenvalue weighted by atomic mass is 9.74. The van der Waals surface area contributed by atoms with Gasteiger partial charge in [-0.3, -0.25) is 4.90 Å². The molecule has 0 radical (unpaired) electrons. The van der Waals surface area contributed by atoms with Crippen molar-refractivity contribution in [1.82, 2.24) is 4.90 Å². The molecule has 1 aromatic heterocycles. The number of fused-ring (bicyclic) bond motifs is 1. The van der Waals surface area contributed by atoms with Crippen LogP contribution in [-0.2, 0) is 29.1 Å². The van der Waals surface area contributed by atoms with Gasteiger partial charge in [-0.2, -0.15) is 0 Å². The number of hydrogen-bond acceptors (Lipinski definition) is 4. The highest BCUT2D eigenvalue weighted by molar-refractivity contribution is 7.93. The van der Waals surface area contributed by atoms with E-state index in [-0.39, 0.29) is 5.75 Å². The van der Waals surface area contributed by atoms with Gasteiger partial charge in [0.1, 0.15) is 4.21 Å². The topological polar surface area (TPSA) is 37.4 Å². The molecule has 1 aliphatic carbocycles. The van der Waals surface area contributed by atoms with E-state index in [4.69, 9.17) is 0 Å². The largest absolute Gasteiger partial charge is 0.300 e. The van der Waals surface area contributed by atoms with Crippen LogP contribution in [-0.4, -0.2) is 38.2 Å². The van der Waals surface area contributed by atoms with Crippen molar-refractivity contribution in [2.45, 2.75) is 48.3 Å². The zero-order valence-electron chi connectivity index (χ0n) is 17.7. The first-order chi connectivity index (χ1) is 15.1. The molecule has 2 aromatic carbocycles. The number of rotatable bonds is 7. The van der Waals surface area contributed by atoms with E-state index in [9.17, 15) is 8.42 Å². The van der Waals surface area contributed by atoms with Gasteiger partial charge in [0.15, 0.2) is 9.84 Å². The Kier molecular flexibility index (Phi) is 6.00. The van der Waals surface area contributed by atoms with Crippen LogP contribution in [0.25, 0.3) is 0 Å². The molecular weight excluding hydrogens is 422 g/mol. The van der Waals surface area contributed by atoms with Gasteiger partial charge in [0, 0.05) is 12.0 Å². The summed E-state index contributed by atoms with van der Waals surface area (Å²) in [5.74, 6) is 0.644. The monoisotopic (exact) mass is 451 g/mol. The Morgan fingerprint density at radius 1 is 0.968 bits per heavy atom. The van der Waals surface area contributed by atoms with Gasteiger partial charge >= 0.3 is 0 Å². The lowest BCUT2D eigenvalue weighted by molar-refractivity contribution is 0.0877. The summed E-state index contributed by atoms with van der Waals surface area (Å²) in [6.07, 6.45) is 5.26. The molecule has 0 amide bonds. The van der Waals surface area contributed by atoms with Crippen LogP contribution in [0, 0.1) is 0 Å². The fraction of sp³-hybridized carbons (Fsp3) is 0.385. The average Bonchev–Trinajstić information content (AvgIpc) is 3.29. The van der Waals surface area contributed by atoms with Crippen molar-refractivity contribution < 1.29 is 8.42 Å². The summed E-state index contributed by atoms with van der Waals surface area (Å²) in [5.41, 5.74) is 5.42. The highest BCUT2D eigenvalue weighted by Gasteiger charge is 2.35. The zero-order chi connectivity index (χ0) is 21.3. The molecule has 1 aliphatic heterocycles. The van der Waals surface area contributed by atoms with E-state index in [0.717, 1.165) is 18.4 Å². The third-order valence-corrected chi connectivity index (χ3v) is 10.1. The first-order valence-electron chi connectivity index (χ1n) is 11.3. The number of benzene rings is 2. The molecule has 2 aliphatic rings. The van der Waals surface area contributed by atoms with E-state index in [1.807, 2.05) is 5.38 Å². The van der Waals surface area contributed by atoms with Crippen molar-refractivity contribution >= 4 is 21.2 Å². The van der Waals surface area contributed by atoms with Crippen LogP contribution < -0.4 is 0 Å². The highest BCUT2D eigenvalue weighted by atomic mass is 32.2.